The molecule has 0 amide bonds. The molecule has 0 heterocycles. The van der Waals surface area contributed by atoms with Gasteiger partial charge in [-0.2, -0.15) is 0 Å². The van der Waals surface area contributed by atoms with Crippen LogP contribution in [0.4, 0.5) is 0 Å². The van der Waals surface area contributed by atoms with Gasteiger partial charge in [-0.15, -0.1) is 0 Å². The van der Waals surface area contributed by atoms with Crippen molar-refractivity contribution in [2.45, 2.75) is 0 Å². The highest BCUT2D eigenvalue weighted by Gasteiger charge is 2.04. The Bertz CT molecular complexity index is 405. The first-order valence-corrected chi connectivity index (χ1v) is 5.06. The summed E-state index contributed by atoms with van der Waals surface area (Å²) >= 11 is 5.71. The highest BCUT2D eigenvalue weighted by Crippen LogP contribution is 2.14. The quantitative estimate of drug-likeness (QED) is 0.320. The summed E-state index contributed by atoms with van der Waals surface area (Å²) in [6, 6.07) is 9.50. The normalized spacial score (nSPS) is 13.3. The molecule has 0 aliphatic carbocycles. The van der Waals surface area contributed by atoms with E-state index in [2.05, 4.69) is 0 Å². The molecule has 0 saturated heterocycles. The van der Waals surface area contributed by atoms with Crippen LogP contribution in [0.3, 0.4) is 0 Å². The van der Waals surface area contributed by atoms with Crippen molar-refractivity contribution in [3.8, 4) is 0 Å². The van der Waals surface area contributed by atoms with E-state index in [4.69, 9.17) is 28.9 Å². The molecule has 0 unspecified atom stereocenters. The molecule has 4 nitrogen and oxygen atoms in total. The van der Waals surface area contributed by atoms with Gasteiger partial charge in [0.25, 0.3) is 0 Å². The van der Waals surface area contributed by atoms with Crippen molar-refractivity contribution in [3.05, 3.63) is 52.8 Å². The van der Waals surface area contributed by atoms with Crippen LogP contribution in [0.5, 0.6) is 0 Å². The van der Waals surface area contributed by atoms with Gasteiger partial charge in [-0.1, -0.05) is 41.9 Å². The number of nitrogens with zero attached hydrogens (tertiary/aromatic N) is 1. The standard InChI is InChI=1S/C11H15ClN4/c1-16(15)10(11(12)14)7-9(13)8-5-3-2-4-6-8/h2-7H,13-15H2,1H3/b9-7-,11-10+. The van der Waals surface area contributed by atoms with E-state index in [-0.39, 0.29) is 5.16 Å². The van der Waals surface area contributed by atoms with Crippen molar-refractivity contribution in [2.75, 3.05) is 7.05 Å². The molecule has 0 aliphatic heterocycles. The SMILES string of the molecule is CN(N)C(/C=C(\N)c1ccccc1)=C(/N)Cl. The summed E-state index contributed by atoms with van der Waals surface area (Å²) in [6.07, 6.45) is 1.64. The summed E-state index contributed by atoms with van der Waals surface area (Å²) in [5.41, 5.74) is 13.3. The molecule has 0 aliphatic rings. The Labute approximate surface area is 99.9 Å². The third kappa shape index (κ3) is 3.18. The third-order valence-electron chi connectivity index (χ3n) is 2.02. The van der Waals surface area contributed by atoms with E-state index >= 15 is 0 Å². The molecule has 0 spiro atoms. The first kappa shape index (κ1) is 12.4. The fourth-order valence-corrected chi connectivity index (χ4v) is 1.39. The summed E-state index contributed by atoms with van der Waals surface area (Å²) in [4.78, 5) is 0. The van der Waals surface area contributed by atoms with E-state index in [1.165, 1.54) is 5.01 Å². The number of halogens is 1. The average Bonchev–Trinajstić information content (AvgIpc) is 2.25. The largest absolute Gasteiger partial charge is 0.398 e. The Kier molecular flexibility index (Phi) is 4.22. The fourth-order valence-electron chi connectivity index (χ4n) is 1.20. The van der Waals surface area contributed by atoms with Crippen LogP contribution in [0, 0.1) is 0 Å². The number of hydrogen-bond acceptors (Lipinski definition) is 4. The van der Waals surface area contributed by atoms with E-state index in [1.807, 2.05) is 30.3 Å². The number of hydrogen-bond donors (Lipinski definition) is 3. The first-order valence-electron chi connectivity index (χ1n) is 4.68. The Hall–Kier alpha value is -1.65. The second-order valence-corrected chi connectivity index (χ2v) is 3.72. The molecule has 1 aromatic carbocycles. The average molecular weight is 239 g/mol. The molecule has 86 valence electrons. The Morgan fingerprint density at radius 3 is 2.25 bits per heavy atom. The van der Waals surface area contributed by atoms with Gasteiger partial charge in [0, 0.05) is 12.7 Å². The second kappa shape index (κ2) is 5.44. The predicted molar refractivity (Wildman–Crippen MR) is 67.6 cm³/mol. The first-order chi connectivity index (χ1) is 7.52. The summed E-state index contributed by atoms with van der Waals surface area (Å²) in [6.45, 7) is 0. The van der Waals surface area contributed by atoms with E-state index < -0.39 is 0 Å². The molecule has 0 fully saturated rings. The van der Waals surface area contributed by atoms with Gasteiger partial charge in [-0.25, -0.2) is 5.84 Å². The van der Waals surface area contributed by atoms with Crippen molar-refractivity contribution in [2.24, 2.45) is 17.3 Å². The number of allylic oxidation sites excluding steroid dienone is 1. The van der Waals surface area contributed by atoms with Gasteiger partial charge < -0.3 is 16.5 Å². The van der Waals surface area contributed by atoms with Gasteiger partial charge in [0.2, 0.25) is 0 Å². The maximum Gasteiger partial charge on any atom is 0.124 e. The molecule has 5 heteroatoms. The highest BCUT2D eigenvalue weighted by atomic mass is 35.5. The molecule has 0 atom stereocenters. The second-order valence-electron chi connectivity index (χ2n) is 3.31. The fraction of sp³-hybridized carbons (Fsp3) is 0.0909. The van der Waals surface area contributed by atoms with Crippen LogP contribution in [-0.2, 0) is 0 Å². The van der Waals surface area contributed by atoms with E-state index in [1.54, 1.807) is 13.1 Å². The van der Waals surface area contributed by atoms with Gasteiger partial charge in [0.1, 0.15) is 5.16 Å². The molecule has 1 rings (SSSR count). The zero-order chi connectivity index (χ0) is 12.1. The Morgan fingerprint density at radius 1 is 1.25 bits per heavy atom. The summed E-state index contributed by atoms with van der Waals surface area (Å²) in [7, 11) is 1.64. The van der Waals surface area contributed by atoms with E-state index in [0.29, 0.717) is 11.4 Å². The number of hydrazine groups is 1. The van der Waals surface area contributed by atoms with E-state index in [0.717, 1.165) is 5.56 Å². The van der Waals surface area contributed by atoms with Crippen LogP contribution in [0.1, 0.15) is 5.56 Å². The van der Waals surface area contributed by atoms with Crippen LogP contribution < -0.4 is 17.3 Å². The zero-order valence-electron chi connectivity index (χ0n) is 9.02. The molecule has 0 bridgehead atoms. The highest BCUT2D eigenvalue weighted by molar-refractivity contribution is 6.29. The zero-order valence-corrected chi connectivity index (χ0v) is 9.78. The van der Waals surface area contributed by atoms with Gasteiger partial charge in [0.15, 0.2) is 0 Å². The van der Waals surface area contributed by atoms with Crippen molar-refractivity contribution >= 4 is 17.3 Å². The van der Waals surface area contributed by atoms with Crippen LogP contribution in [0.2, 0.25) is 0 Å². The Balaban J connectivity index is 3.06. The van der Waals surface area contributed by atoms with E-state index in [9.17, 15) is 0 Å². The van der Waals surface area contributed by atoms with Crippen LogP contribution in [-0.4, -0.2) is 12.1 Å². The third-order valence-corrected chi connectivity index (χ3v) is 2.22. The van der Waals surface area contributed by atoms with Crippen molar-refractivity contribution in [3.63, 3.8) is 0 Å². The number of rotatable bonds is 3. The van der Waals surface area contributed by atoms with Gasteiger partial charge in [-0.3, -0.25) is 0 Å². The van der Waals surface area contributed by atoms with Crippen molar-refractivity contribution < 1.29 is 0 Å². The maximum atomic E-state index is 5.90. The van der Waals surface area contributed by atoms with Gasteiger partial charge in [-0.05, 0) is 11.6 Å². The molecular formula is C11H15ClN4. The molecule has 1 aromatic rings. The summed E-state index contributed by atoms with van der Waals surface area (Å²) in [5, 5.41) is 1.42. The minimum atomic E-state index is 0.101. The maximum absolute atomic E-state index is 5.90. The Morgan fingerprint density at radius 2 is 1.81 bits per heavy atom. The topological polar surface area (TPSA) is 81.3 Å². The van der Waals surface area contributed by atoms with Crippen LogP contribution in [0.25, 0.3) is 5.70 Å². The number of benzene rings is 1. The minimum Gasteiger partial charge on any atom is -0.398 e. The molecule has 0 saturated carbocycles. The number of nitrogens with two attached hydrogens (primary N) is 3. The molecule has 16 heavy (non-hydrogen) atoms. The summed E-state index contributed by atoms with van der Waals surface area (Å²) < 4.78 is 0. The van der Waals surface area contributed by atoms with Gasteiger partial charge >= 0.3 is 0 Å². The van der Waals surface area contributed by atoms with Crippen LogP contribution >= 0.6 is 11.6 Å². The lowest BCUT2D eigenvalue weighted by Gasteiger charge is -2.14. The lowest BCUT2D eigenvalue weighted by atomic mass is 10.1. The lowest BCUT2D eigenvalue weighted by molar-refractivity contribution is 0.453. The molecule has 0 radical (unpaired) electrons. The van der Waals surface area contributed by atoms with Crippen molar-refractivity contribution in [1.29, 1.82) is 0 Å². The summed E-state index contributed by atoms with van der Waals surface area (Å²) in [5.74, 6) is 5.57. The minimum absolute atomic E-state index is 0.101. The van der Waals surface area contributed by atoms with Crippen LogP contribution in [0.15, 0.2) is 47.3 Å². The molecule has 0 aromatic heterocycles. The number of likely N-dealkylation sites (N-methyl/N-ethyl adjacent to an activating group) is 1. The predicted octanol–water partition coefficient (Wildman–Crippen LogP) is 1.16. The van der Waals surface area contributed by atoms with Crippen molar-refractivity contribution in [1.82, 2.24) is 5.01 Å². The smallest absolute Gasteiger partial charge is 0.124 e. The molecular weight excluding hydrogens is 224 g/mol. The lowest BCUT2D eigenvalue weighted by Crippen LogP contribution is -2.26. The van der Waals surface area contributed by atoms with Gasteiger partial charge in [0.05, 0.1) is 5.70 Å². The monoisotopic (exact) mass is 238 g/mol. The molecule has 6 N–H and O–H groups in total.